The van der Waals surface area contributed by atoms with E-state index in [1.165, 1.54) is 5.56 Å². The van der Waals surface area contributed by atoms with E-state index < -0.39 is 11.8 Å². The molecule has 0 spiro atoms. The summed E-state index contributed by atoms with van der Waals surface area (Å²) in [5.74, 6) is -1.03. The second-order valence-electron chi connectivity index (χ2n) is 9.15. The van der Waals surface area contributed by atoms with Crippen LogP contribution in [0.4, 0.5) is 5.69 Å². The van der Waals surface area contributed by atoms with Crippen molar-refractivity contribution in [2.45, 2.75) is 25.3 Å². The first kappa shape index (κ1) is 25.6. The number of carbonyl (C=O) groups excluding carboxylic acids is 3. The number of anilines is 1. The minimum Gasteiger partial charge on any atom is -0.308 e. The number of nitrogens with zero attached hydrogens (tertiary/aromatic N) is 3. The van der Waals surface area contributed by atoms with Crippen molar-refractivity contribution in [3.63, 3.8) is 0 Å². The van der Waals surface area contributed by atoms with Crippen molar-refractivity contribution >= 4 is 35.8 Å². The van der Waals surface area contributed by atoms with E-state index in [-0.39, 0.29) is 30.9 Å². The molecule has 6 nitrogen and oxygen atoms in total. The molecule has 0 aromatic heterocycles. The molecule has 1 fully saturated rings. The van der Waals surface area contributed by atoms with Crippen LogP contribution < -0.4 is 4.90 Å². The summed E-state index contributed by atoms with van der Waals surface area (Å²) in [4.78, 5) is 44.6. The molecule has 7 heteroatoms. The van der Waals surface area contributed by atoms with Crippen LogP contribution in [0.3, 0.4) is 0 Å². The van der Waals surface area contributed by atoms with Crippen molar-refractivity contribution in [1.82, 2.24) is 9.80 Å². The van der Waals surface area contributed by atoms with Crippen LogP contribution in [0.15, 0.2) is 84.9 Å². The van der Waals surface area contributed by atoms with Crippen LogP contribution in [-0.2, 0) is 11.2 Å². The summed E-state index contributed by atoms with van der Waals surface area (Å²) < 4.78 is 0. The Morgan fingerprint density at radius 2 is 1.31 bits per heavy atom. The Morgan fingerprint density at radius 3 is 1.89 bits per heavy atom. The maximum Gasteiger partial charge on any atom is 0.262 e. The first-order valence-electron chi connectivity index (χ1n) is 12.2. The van der Waals surface area contributed by atoms with Crippen molar-refractivity contribution in [3.8, 4) is 0 Å². The SMILES string of the molecule is Cl.O=C1c2ccccc2C(=O)N1CC(=O)N(c1ccccc1)C1CCN(CCc2ccccc2)CC1. The fourth-order valence-corrected chi connectivity index (χ4v) is 5.07. The molecule has 0 aliphatic carbocycles. The zero-order valence-electron chi connectivity index (χ0n) is 20.1. The summed E-state index contributed by atoms with van der Waals surface area (Å²) in [6, 6.07) is 26.8. The van der Waals surface area contributed by atoms with Gasteiger partial charge in [0.15, 0.2) is 0 Å². The number of hydrogen-bond donors (Lipinski definition) is 0. The number of amides is 3. The van der Waals surface area contributed by atoms with Crippen LogP contribution >= 0.6 is 12.4 Å². The Kier molecular flexibility index (Phi) is 8.18. The van der Waals surface area contributed by atoms with Crippen molar-refractivity contribution in [3.05, 3.63) is 102 Å². The molecule has 1 saturated heterocycles. The summed E-state index contributed by atoms with van der Waals surface area (Å²) in [6.45, 7) is 2.54. The second-order valence-corrected chi connectivity index (χ2v) is 9.15. The number of benzene rings is 3. The molecular formula is C29H30ClN3O3. The summed E-state index contributed by atoms with van der Waals surface area (Å²) in [7, 11) is 0. The number of hydrogen-bond acceptors (Lipinski definition) is 4. The molecule has 2 aliphatic rings. The standard InChI is InChI=1S/C29H29N3O3.ClH/c33-27(21-31-28(34)25-13-7-8-14-26(25)29(31)35)32(23-11-5-2-6-12-23)24-16-19-30(20-17-24)18-15-22-9-3-1-4-10-22;/h1-14,24H,15-21H2;1H. The third kappa shape index (κ3) is 5.35. The van der Waals surface area contributed by atoms with Crippen molar-refractivity contribution in [2.24, 2.45) is 0 Å². The number of piperidine rings is 1. The summed E-state index contributed by atoms with van der Waals surface area (Å²) in [5, 5.41) is 0. The van der Waals surface area contributed by atoms with Gasteiger partial charge >= 0.3 is 0 Å². The Bertz CT molecular complexity index is 1180. The van der Waals surface area contributed by atoms with Gasteiger partial charge in [-0.3, -0.25) is 19.3 Å². The third-order valence-electron chi connectivity index (χ3n) is 6.96. The van der Waals surface area contributed by atoms with Crippen LogP contribution in [0.25, 0.3) is 0 Å². The van der Waals surface area contributed by atoms with Gasteiger partial charge < -0.3 is 9.80 Å². The largest absolute Gasteiger partial charge is 0.308 e. The average molecular weight is 504 g/mol. The monoisotopic (exact) mass is 503 g/mol. The van der Waals surface area contributed by atoms with Gasteiger partial charge in [0.2, 0.25) is 5.91 Å². The molecule has 186 valence electrons. The van der Waals surface area contributed by atoms with Gasteiger partial charge in [0, 0.05) is 31.4 Å². The zero-order valence-corrected chi connectivity index (χ0v) is 20.9. The Balaban J connectivity index is 0.00000304. The van der Waals surface area contributed by atoms with Crippen molar-refractivity contribution < 1.29 is 14.4 Å². The first-order valence-corrected chi connectivity index (χ1v) is 12.2. The van der Waals surface area contributed by atoms with Crippen molar-refractivity contribution in [2.75, 3.05) is 31.1 Å². The van der Waals surface area contributed by atoms with E-state index in [4.69, 9.17) is 0 Å². The van der Waals surface area contributed by atoms with Crippen LogP contribution in [0, 0.1) is 0 Å². The fourth-order valence-electron chi connectivity index (χ4n) is 5.07. The molecular weight excluding hydrogens is 474 g/mol. The molecule has 5 rings (SSSR count). The van der Waals surface area contributed by atoms with Gasteiger partial charge in [0.1, 0.15) is 6.54 Å². The topological polar surface area (TPSA) is 60.9 Å². The van der Waals surface area contributed by atoms with Gasteiger partial charge in [0.05, 0.1) is 11.1 Å². The van der Waals surface area contributed by atoms with E-state index in [2.05, 4.69) is 29.2 Å². The highest BCUT2D eigenvalue weighted by molar-refractivity contribution is 6.22. The molecule has 0 bridgehead atoms. The zero-order chi connectivity index (χ0) is 24.2. The van der Waals surface area contributed by atoms with Gasteiger partial charge in [0.25, 0.3) is 11.8 Å². The Morgan fingerprint density at radius 1 is 0.778 bits per heavy atom. The Labute approximate surface area is 217 Å². The lowest BCUT2D eigenvalue weighted by Gasteiger charge is -2.39. The molecule has 0 saturated carbocycles. The lowest BCUT2D eigenvalue weighted by atomic mass is 10.0. The molecule has 36 heavy (non-hydrogen) atoms. The van der Waals surface area contributed by atoms with Crippen LogP contribution in [-0.4, -0.2) is 59.7 Å². The van der Waals surface area contributed by atoms with Crippen LogP contribution in [0.2, 0.25) is 0 Å². The van der Waals surface area contributed by atoms with E-state index in [9.17, 15) is 14.4 Å². The van der Waals surface area contributed by atoms with E-state index in [1.54, 1.807) is 29.2 Å². The fraction of sp³-hybridized carbons (Fsp3) is 0.276. The maximum absolute atomic E-state index is 13.6. The summed E-state index contributed by atoms with van der Waals surface area (Å²) in [6.07, 6.45) is 2.70. The number of fused-ring (bicyclic) bond motifs is 1. The molecule has 0 atom stereocenters. The van der Waals surface area contributed by atoms with Gasteiger partial charge in [-0.2, -0.15) is 0 Å². The highest BCUT2D eigenvalue weighted by Crippen LogP contribution is 2.27. The minimum absolute atomic E-state index is 0. The van der Waals surface area contributed by atoms with Crippen molar-refractivity contribution in [1.29, 1.82) is 0 Å². The number of carbonyl (C=O) groups is 3. The lowest BCUT2D eigenvalue weighted by molar-refractivity contribution is -0.119. The molecule has 2 aliphatic heterocycles. The summed E-state index contributed by atoms with van der Waals surface area (Å²) in [5.41, 5.74) is 2.86. The van der Waals surface area contributed by atoms with E-state index in [0.717, 1.165) is 49.5 Å². The molecule has 3 aromatic carbocycles. The highest BCUT2D eigenvalue weighted by Gasteiger charge is 2.38. The predicted molar refractivity (Wildman–Crippen MR) is 143 cm³/mol. The number of rotatable bonds is 7. The third-order valence-corrected chi connectivity index (χ3v) is 6.96. The van der Waals surface area contributed by atoms with Gasteiger partial charge in [-0.05, 0) is 49.1 Å². The first-order chi connectivity index (χ1) is 17.1. The lowest BCUT2D eigenvalue weighted by Crippen LogP contribution is -2.51. The number of para-hydroxylation sites is 1. The number of imide groups is 1. The number of likely N-dealkylation sites (tertiary alicyclic amines) is 1. The molecule has 0 unspecified atom stereocenters. The second kappa shape index (κ2) is 11.5. The normalized spacial score (nSPS) is 15.9. The van der Waals surface area contributed by atoms with E-state index >= 15 is 0 Å². The van der Waals surface area contributed by atoms with E-state index in [0.29, 0.717) is 11.1 Å². The van der Waals surface area contributed by atoms with Crippen LogP contribution in [0.5, 0.6) is 0 Å². The van der Waals surface area contributed by atoms with Gasteiger partial charge in [-0.25, -0.2) is 0 Å². The van der Waals surface area contributed by atoms with Crippen LogP contribution in [0.1, 0.15) is 39.1 Å². The predicted octanol–water partition coefficient (Wildman–Crippen LogP) is 4.44. The smallest absolute Gasteiger partial charge is 0.262 e. The number of halogens is 1. The average Bonchev–Trinajstić information content (AvgIpc) is 3.14. The molecule has 3 amide bonds. The van der Waals surface area contributed by atoms with E-state index in [1.807, 2.05) is 36.4 Å². The highest BCUT2D eigenvalue weighted by atomic mass is 35.5. The summed E-state index contributed by atoms with van der Waals surface area (Å²) >= 11 is 0. The maximum atomic E-state index is 13.6. The molecule has 2 heterocycles. The Hall–Kier alpha value is -3.48. The molecule has 3 aromatic rings. The molecule has 0 N–H and O–H groups in total. The van der Waals surface area contributed by atoms with Gasteiger partial charge in [-0.1, -0.05) is 60.7 Å². The van der Waals surface area contributed by atoms with Gasteiger partial charge in [-0.15, -0.1) is 12.4 Å². The molecule has 0 radical (unpaired) electrons. The quantitative estimate of drug-likeness (QED) is 0.447. The minimum atomic E-state index is -0.400.